The molecule has 0 aromatic heterocycles. The highest BCUT2D eigenvalue weighted by molar-refractivity contribution is 5.33. The van der Waals surface area contributed by atoms with Crippen molar-refractivity contribution in [2.24, 2.45) is 0 Å². The van der Waals surface area contributed by atoms with E-state index in [1.165, 1.54) is 42.6 Å². The van der Waals surface area contributed by atoms with Crippen molar-refractivity contribution in [2.45, 2.75) is 39.7 Å². The lowest BCUT2D eigenvalue weighted by Gasteiger charge is -2.26. The molecule has 0 radical (unpaired) electrons. The zero-order valence-corrected chi connectivity index (χ0v) is 12.0. The van der Waals surface area contributed by atoms with Crippen LogP contribution in [0.25, 0.3) is 0 Å². The molecular formula is C16H26N2. The van der Waals surface area contributed by atoms with Crippen LogP contribution in [0.4, 0.5) is 0 Å². The summed E-state index contributed by atoms with van der Waals surface area (Å²) >= 11 is 0. The molecule has 1 aliphatic heterocycles. The predicted octanol–water partition coefficient (Wildman–Crippen LogP) is 3.05. The number of benzene rings is 1. The molecular weight excluding hydrogens is 220 g/mol. The minimum absolute atomic E-state index is 0.480. The molecule has 1 unspecified atom stereocenters. The van der Waals surface area contributed by atoms with Crippen LogP contribution in [-0.2, 0) is 0 Å². The first kappa shape index (κ1) is 13.6. The van der Waals surface area contributed by atoms with Gasteiger partial charge in [-0.15, -0.1) is 0 Å². The maximum absolute atomic E-state index is 3.64. The lowest BCUT2D eigenvalue weighted by atomic mass is 9.98. The van der Waals surface area contributed by atoms with Crippen LogP contribution in [0.15, 0.2) is 18.2 Å². The number of nitrogens with one attached hydrogen (secondary N) is 1. The number of rotatable bonds is 5. The number of aryl methyl sites for hydroxylation is 2. The van der Waals surface area contributed by atoms with Crippen molar-refractivity contribution in [3.8, 4) is 0 Å². The predicted molar refractivity (Wildman–Crippen MR) is 78.0 cm³/mol. The maximum Gasteiger partial charge on any atom is 0.0451 e. The SMILES string of the molecule is CCNC(CN1CCCC1)c1ccc(C)cc1C. The van der Waals surface area contributed by atoms with Crippen LogP contribution in [0.3, 0.4) is 0 Å². The quantitative estimate of drug-likeness (QED) is 0.859. The van der Waals surface area contributed by atoms with Crippen LogP contribution in [0.5, 0.6) is 0 Å². The van der Waals surface area contributed by atoms with Crippen LogP contribution in [0.1, 0.15) is 42.5 Å². The largest absolute Gasteiger partial charge is 0.309 e. The van der Waals surface area contributed by atoms with Crippen LogP contribution in [0.2, 0.25) is 0 Å². The molecule has 1 aliphatic rings. The molecule has 18 heavy (non-hydrogen) atoms. The molecule has 2 nitrogen and oxygen atoms in total. The van der Waals surface area contributed by atoms with Gasteiger partial charge in [-0.05, 0) is 57.5 Å². The molecule has 0 amide bonds. The van der Waals surface area contributed by atoms with E-state index in [9.17, 15) is 0 Å². The number of hydrogen-bond acceptors (Lipinski definition) is 2. The van der Waals surface area contributed by atoms with Crippen LogP contribution in [0, 0.1) is 13.8 Å². The highest BCUT2D eigenvalue weighted by Crippen LogP contribution is 2.21. The fourth-order valence-corrected chi connectivity index (χ4v) is 2.96. The molecule has 1 heterocycles. The fourth-order valence-electron chi connectivity index (χ4n) is 2.96. The molecule has 2 heteroatoms. The summed E-state index contributed by atoms with van der Waals surface area (Å²) in [5, 5.41) is 3.64. The second-order valence-electron chi connectivity index (χ2n) is 5.48. The second-order valence-corrected chi connectivity index (χ2v) is 5.48. The Morgan fingerprint density at radius 3 is 2.56 bits per heavy atom. The van der Waals surface area contributed by atoms with Crippen molar-refractivity contribution >= 4 is 0 Å². The van der Waals surface area contributed by atoms with E-state index >= 15 is 0 Å². The molecule has 100 valence electrons. The van der Waals surface area contributed by atoms with E-state index in [4.69, 9.17) is 0 Å². The van der Waals surface area contributed by atoms with Gasteiger partial charge in [0.05, 0.1) is 0 Å². The summed E-state index contributed by atoms with van der Waals surface area (Å²) in [6, 6.07) is 7.31. The Labute approximate surface area is 111 Å². The van der Waals surface area contributed by atoms with Crippen LogP contribution >= 0.6 is 0 Å². The van der Waals surface area contributed by atoms with Gasteiger partial charge in [-0.2, -0.15) is 0 Å². The molecule has 1 fully saturated rings. The van der Waals surface area contributed by atoms with Crippen molar-refractivity contribution in [2.75, 3.05) is 26.2 Å². The van der Waals surface area contributed by atoms with E-state index in [-0.39, 0.29) is 0 Å². The summed E-state index contributed by atoms with van der Waals surface area (Å²) in [5.41, 5.74) is 4.24. The summed E-state index contributed by atoms with van der Waals surface area (Å²) in [6.07, 6.45) is 2.73. The normalized spacial score (nSPS) is 18.2. The highest BCUT2D eigenvalue weighted by Gasteiger charge is 2.19. The average Bonchev–Trinajstić information content (AvgIpc) is 2.81. The third-order valence-electron chi connectivity index (χ3n) is 3.89. The van der Waals surface area contributed by atoms with E-state index in [0.29, 0.717) is 6.04 Å². The number of likely N-dealkylation sites (N-methyl/N-ethyl adjacent to an activating group) is 1. The molecule has 0 saturated carbocycles. The lowest BCUT2D eigenvalue weighted by molar-refractivity contribution is 0.294. The van der Waals surface area contributed by atoms with Gasteiger partial charge in [0.2, 0.25) is 0 Å². The molecule has 1 atom stereocenters. The summed E-state index contributed by atoms with van der Waals surface area (Å²) in [4.78, 5) is 2.59. The van der Waals surface area contributed by atoms with Crippen molar-refractivity contribution in [3.05, 3.63) is 34.9 Å². The number of likely N-dealkylation sites (tertiary alicyclic amines) is 1. The number of nitrogens with zero attached hydrogens (tertiary/aromatic N) is 1. The summed E-state index contributed by atoms with van der Waals surface area (Å²) in [6.45, 7) is 11.3. The Kier molecular flexibility index (Phi) is 4.79. The van der Waals surface area contributed by atoms with E-state index in [2.05, 4.69) is 49.2 Å². The topological polar surface area (TPSA) is 15.3 Å². The Hall–Kier alpha value is -0.860. The summed E-state index contributed by atoms with van der Waals surface area (Å²) in [5.74, 6) is 0. The van der Waals surface area contributed by atoms with Gasteiger partial charge < -0.3 is 10.2 Å². The van der Waals surface area contributed by atoms with Crippen LogP contribution in [-0.4, -0.2) is 31.1 Å². The Balaban J connectivity index is 2.12. The molecule has 0 spiro atoms. The van der Waals surface area contributed by atoms with Crippen molar-refractivity contribution in [3.63, 3.8) is 0 Å². The van der Waals surface area contributed by atoms with Gasteiger partial charge >= 0.3 is 0 Å². The van der Waals surface area contributed by atoms with Crippen LogP contribution < -0.4 is 5.32 Å². The van der Waals surface area contributed by atoms with Crippen molar-refractivity contribution in [1.29, 1.82) is 0 Å². The minimum atomic E-state index is 0.480. The molecule has 1 aromatic carbocycles. The van der Waals surface area contributed by atoms with Gasteiger partial charge in [0.25, 0.3) is 0 Å². The minimum Gasteiger partial charge on any atom is -0.309 e. The standard InChI is InChI=1S/C16H26N2/c1-4-17-16(12-18-9-5-6-10-18)15-8-7-13(2)11-14(15)3/h7-8,11,16-17H,4-6,9-10,12H2,1-3H3. The average molecular weight is 246 g/mol. The first-order valence-electron chi connectivity index (χ1n) is 7.23. The number of hydrogen-bond donors (Lipinski definition) is 1. The second kappa shape index (κ2) is 6.35. The van der Waals surface area contributed by atoms with Crippen molar-refractivity contribution in [1.82, 2.24) is 10.2 Å². The molecule has 0 bridgehead atoms. The molecule has 2 rings (SSSR count). The summed E-state index contributed by atoms with van der Waals surface area (Å²) in [7, 11) is 0. The molecule has 1 saturated heterocycles. The van der Waals surface area contributed by atoms with Gasteiger partial charge in [-0.1, -0.05) is 30.7 Å². The van der Waals surface area contributed by atoms with Gasteiger partial charge in [0.15, 0.2) is 0 Å². The molecule has 1 N–H and O–H groups in total. The first-order valence-corrected chi connectivity index (χ1v) is 7.23. The van der Waals surface area contributed by atoms with Crippen molar-refractivity contribution < 1.29 is 0 Å². The first-order chi connectivity index (χ1) is 8.70. The van der Waals surface area contributed by atoms with Gasteiger partial charge in [-0.25, -0.2) is 0 Å². The molecule has 0 aliphatic carbocycles. The zero-order chi connectivity index (χ0) is 13.0. The van der Waals surface area contributed by atoms with Gasteiger partial charge in [0, 0.05) is 12.6 Å². The van der Waals surface area contributed by atoms with Gasteiger partial charge in [-0.3, -0.25) is 0 Å². The van der Waals surface area contributed by atoms with E-state index < -0.39 is 0 Å². The van der Waals surface area contributed by atoms with E-state index in [0.717, 1.165) is 13.1 Å². The van der Waals surface area contributed by atoms with Gasteiger partial charge in [0.1, 0.15) is 0 Å². The smallest absolute Gasteiger partial charge is 0.0451 e. The highest BCUT2D eigenvalue weighted by atomic mass is 15.2. The fraction of sp³-hybridized carbons (Fsp3) is 0.625. The third kappa shape index (κ3) is 3.33. The zero-order valence-electron chi connectivity index (χ0n) is 12.0. The Bertz CT molecular complexity index is 381. The molecule has 1 aromatic rings. The lowest BCUT2D eigenvalue weighted by Crippen LogP contribution is -2.34. The summed E-state index contributed by atoms with van der Waals surface area (Å²) < 4.78 is 0. The van der Waals surface area contributed by atoms with E-state index in [1.54, 1.807) is 0 Å². The monoisotopic (exact) mass is 246 g/mol. The Morgan fingerprint density at radius 1 is 1.22 bits per heavy atom. The maximum atomic E-state index is 3.64. The van der Waals surface area contributed by atoms with E-state index in [1.807, 2.05) is 0 Å². The Morgan fingerprint density at radius 2 is 1.94 bits per heavy atom. The third-order valence-corrected chi connectivity index (χ3v) is 3.89.